The Morgan fingerprint density at radius 2 is 1.76 bits per heavy atom. The summed E-state index contributed by atoms with van der Waals surface area (Å²) in [4.78, 5) is 32.6. The number of aromatic amines is 1. The van der Waals surface area contributed by atoms with Gasteiger partial charge in [-0.05, 0) is 12.0 Å². The quantitative estimate of drug-likeness (QED) is 0.793. The number of benzene rings is 1. The number of nitrogens with zero attached hydrogens (tertiary/aromatic N) is 3. The van der Waals surface area contributed by atoms with Crippen LogP contribution in [0, 0.1) is 0 Å². The second-order valence-corrected chi connectivity index (χ2v) is 7.34. The van der Waals surface area contributed by atoms with Gasteiger partial charge in [-0.15, -0.1) is 0 Å². The van der Waals surface area contributed by atoms with Crippen molar-refractivity contribution >= 4 is 11.2 Å². The zero-order chi connectivity index (χ0) is 18.2. The molecule has 2 heterocycles. The summed E-state index contributed by atoms with van der Waals surface area (Å²) in [6, 6.07) is 9.96. The number of nitrogens with one attached hydrogen (secondary N) is 1. The average molecular weight is 340 g/mol. The van der Waals surface area contributed by atoms with Gasteiger partial charge in [0.25, 0.3) is 5.56 Å². The van der Waals surface area contributed by atoms with E-state index < -0.39 is 5.69 Å². The highest BCUT2D eigenvalue weighted by molar-refractivity contribution is 5.70. The molecule has 0 aliphatic carbocycles. The number of fused-ring (bicyclic) bond motifs is 1. The van der Waals surface area contributed by atoms with Gasteiger partial charge in [-0.3, -0.25) is 14.3 Å². The monoisotopic (exact) mass is 340 g/mol. The Bertz CT molecular complexity index is 1000. The number of imidazole rings is 1. The summed E-state index contributed by atoms with van der Waals surface area (Å²) >= 11 is 0. The molecule has 6 nitrogen and oxygen atoms in total. The highest BCUT2D eigenvalue weighted by Crippen LogP contribution is 2.25. The third-order valence-corrected chi connectivity index (χ3v) is 4.19. The van der Waals surface area contributed by atoms with Crippen LogP contribution in [0.15, 0.2) is 39.9 Å². The van der Waals surface area contributed by atoms with Gasteiger partial charge >= 0.3 is 5.69 Å². The molecule has 0 radical (unpaired) electrons. The van der Waals surface area contributed by atoms with Crippen molar-refractivity contribution in [2.45, 2.75) is 52.6 Å². The third kappa shape index (κ3) is 3.16. The summed E-state index contributed by atoms with van der Waals surface area (Å²) in [5.41, 5.74) is 0.973. The van der Waals surface area contributed by atoms with Gasteiger partial charge in [-0.1, -0.05) is 58.0 Å². The van der Waals surface area contributed by atoms with Crippen LogP contribution in [0.2, 0.25) is 0 Å². The molecule has 2 aromatic heterocycles. The van der Waals surface area contributed by atoms with Crippen molar-refractivity contribution in [3.8, 4) is 0 Å². The van der Waals surface area contributed by atoms with Crippen LogP contribution >= 0.6 is 0 Å². The summed E-state index contributed by atoms with van der Waals surface area (Å²) in [7, 11) is 0. The Kier molecular flexibility index (Phi) is 4.37. The highest BCUT2D eigenvalue weighted by Gasteiger charge is 2.25. The molecule has 0 aliphatic rings. The van der Waals surface area contributed by atoms with Crippen molar-refractivity contribution < 1.29 is 0 Å². The minimum atomic E-state index is -0.399. The first kappa shape index (κ1) is 17.2. The van der Waals surface area contributed by atoms with Gasteiger partial charge in [-0.2, -0.15) is 0 Å². The van der Waals surface area contributed by atoms with E-state index >= 15 is 0 Å². The van der Waals surface area contributed by atoms with Gasteiger partial charge in [0.15, 0.2) is 11.2 Å². The predicted molar refractivity (Wildman–Crippen MR) is 99.1 cm³/mol. The van der Waals surface area contributed by atoms with E-state index in [1.165, 1.54) is 4.57 Å². The van der Waals surface area contributed by atoms with Crippen LogP contribution in [-0.2, 0) is 18.5 Å². The van der Waals surface area contributed by atoms with Gasteiger partial charge in [0.1, 0.15) is 5.82 Å². The number of rotatable bonds is 4. The summed E-state index contributed by atoms with van der Waals surface area (Å²) in [5, 5.41) is 0. The van der Waals surface area contributed by atoms with Crippen LogP contribution in [0.1, 0.15) is 45.5 Å². The van der Waals surface area contributed by atoms with Crippen LogP contribution in [0.4, 0.5) is 0 Å². The van der Waals surface area contributed by atoms with Gasteiger partial charge in [0.2, 0.25) is 0 Å². The molecule has 1 N–H and O–H groups in total. The van der Waals surface area contributed by atoms with Crippen LogP contribution in [-0.4, -0.2) is 19.1 Å². The molecule has 0 unspecified atom stereocenters. The number of hydrogen-bond donors (Lipinski definition) is 1. The lowest BCUT2D eigenvalue weighted by molar-refractivity contribution is 0.515. The van der Waals surface area contributed by atoms with Gasteiger partial charge < -0.3 is 4.57 Å². The Morgan fingerprint density at radius 3 is 2.36 bits per heavy atom. The molecule has 0 spiro atoms. The summed E-state index contributed by atoms with van der Waals surface area (Å²) < 4.78 is 3.20. The Morgan fingerprint density at radius 1 is 1.08 bits per heavy atom. The SMILES string of the molecule is CCCn1c(=O)[nH]c2nc(C(C)(C)C)n(Cc3ccccc3)c2c1=O. The van der Waals surface area contributed by atoms with Gasteiger partial charge in [-0.25, -0.2) is 9.78 Å². The fourth-order valence-corrected chi connectivity index (χ4v) is 3.06. The molecule has 0 saturated carbocycles. The van der Waals surface area contributed by atoms with E-state index in [1.807, 2.05) is 41.8 Å². The smallest absolute Gasteiger partial charge is 0.317 e. The average Bonchev–Trinajstić information content (AvgIpc) is 2.91. The fraction of sp³-hybridized carbons (Fsp3) is 0.421. The molecule has 0 bridgehead atoms. The van der Waals surface area contributed by atoms with E-state index in [9.17, 15) is 9.59 Å². The number of H-pyrrole nitrogens is 1. The van der Waals surface area contributed by atoms with Crippen molar-refractivity contribution in [1.29, 1.82) is 0 Å². The number of aromatic nitrogens is 4. The molecule has 132 valence electrons. The Balaban J connectivity index is 2.32. The lowest BCUT2D eigenvalue weighted by atomic mass is 9.95. The zero-order valence-corrected chi connectivity index (χ0v) is 15.2. The van der Waals surface area contributed by atoms with E-state index in [-0.39, 0.29) is 11.0 Å². The summed E-state index contributed by atoms with van der Waals surface area (Å²) in [6.45, 7) is 9.04. The molecule has 25 heavy (non-hydrogen) atoms. The van der Waals surface area contributed by atoms with Crippen molar-refractivity contribution in [2.75, 3.05) is 0 Å². The van der Waals surface area contributed by atoms with Crippen molar-refractivity contribution in [3.63, 3.8) is 0 Å². The summed E-state index contributed by atoms with van der Waals surface area (Å²) in [5.74, 6) is 0.786. The zero-order valence-electron chi connectivity index (χ0n) is 15.2. The maximum absolute atomic E-state index is 13.0. The number of hydrogen-bond acceptors (Lipinski definition) is 3. The van der Waals surface area contributed by atoms with Gasteiger partial charge in [0, 0.05) is 18.5 Å². The first-order chi connectivity index (χ1) is 11.8. The minimum absolute atomic E-state index is 0.257. The maximum Gasteiger partial charge on any atom is 0.330 e. The lowest BCUT2D eigenvalue weighted by Gasteiger charge is -2.20. The standard InChI is InChI=1S/C19H24N4O2/c1-5-11-22-16(24)14-15(21-18(22)25)20-17(19(2,3)4)23(14)12-13-9-7-6-8-10-13/h6-10H,5,11-12H2,1-4H3,(H,21,25). The first-order valence-electron chi connectivity index (χ1n) is 8.60. The van der Waals surface area contributed by atoms with Crippen LogP contribution in [0.25, 0.3) is 11.2 Å². The van der Waals surface area contributed by atoms with Crippen molar-refractivity contribution in [3.05, 3.63) is 62.6 Å². The molecule has 3 aromatic rings. The predicted octanol–water partition coefficient (Wildman–Crippen LogP) is 2.64. The second-order valence-electron chi connectivity index (χ2n) is 7.34. The lowest BCUT2D eigenvalue weighted by Crippen LogP contribution is -2.35. The minimum Gasteiger partial charge on any atom is -0.317 e. The topological polar surface area (TPSA) is 72.7 Å². The first-order valence-corrected chi connectivity index (χ1v) is 8.60. The molecule has 0 fully saturated rings. The normalized spacial score (nSPS) is 12.0. The molecule has 0 aliphatic heterocycles. The molecule has 0 atom stereocenters. The van der Waals surface area contributed by atoms with E-state index in [0.29, 0.717) is 30.7 Å². The summed E-state index contributed by atoms with van der Waals surface area (Å²) in [6.07, 6.45) is 0.716. The maximum atomic E-state index is 13.0. The molecule has 3 rings (SSSR count). The third-order valence-electron chi connectivity index (χ3n) is 4.19. The van der Waals surface area contributed by atoms with Crippen LogP contribution in [0.5, 0.6) is 0 Å². The molecule has 0 amide bonds. The molecular formula is C19H24N4O2. The van der Waals surface area contributed by atoms with Crippen LogP contribution in [0.3, 0.4) is 0 Å². The molecular weight excluding hydrogens is 316 g/mol. The van der Waals surface area contributed by atoms with Crippen LogP contribution < -0.4 is 11.2 Å². The van der Waals surface area contributed by atoms with E-state index in [2.05, 4.69) is 30.7 Å². The van der Waals surface area contributed by atoms with E-state index in [0.717, 1.165) is 11.4 Å². The molecule has 0 saturated heterocycles. The van der Waals surface area contributed by atoms with E-state index in [4.69, 9.17) is 0 Å². The van der Waals surface area contributed by atoms with Crippen molar-refractivity contribution in [1.82, 2.24) is 19.1 Å². The molecule has 1 aromatic carbocycles. The second kappa shape index (κ2) is 6.35. The van der Waals surface area contributed by atoms with E-state index in [1.54, 1.807) is 0 Å². The Labute approximate surface area is 146 Å². The largest absolute Gasteiger partial charge is 0.330 e. The Hall–Kier alpha value is -2.63. The highest BCUT2D eigenvalue weighted by atomic mass is 16.2. The van der Waals surface area contributed by atoms with Crippen molar-refractivity contribution in [2.24, 2.45) is 0 Å². The van der Waals surface area contributed by atoms with Gasteiger partial charge in [0.05, 0.1) is 0 Å². The molecule has 6 heteroatoms. The fourth-order valence-electron chi connectivity index (χ4n) is 3.06.